The Morgan fingerprint density at radius 3 is 2.41 bits per heavy atom. The number of nitrogens with zero attached hydrogens (tertiary/aromatic N) is 1. The van der Waals surface area contributed by atoms with Crippen LogP contribution in [-0.2, 0) is 0 Å². The van der Waals surface area contributed by atoms with Crippen LogP contribution in [0.15, 0.2) is 36.4 Å². The van der Waals surface area contributed by atoms with Gasteiger partial charge in [0.1, 0.15) is 11.6 Å². The zero-order valence-electron chi connectivity index (χ0n) is 12.6. The maximum Gasteiger partial charge on any atom is 0.129 e. The lowest BCUT2D eigenvalue weighted by Crippen LogP contribution is -2.08. The SMILES string of the molecule is Cc1cccc(C)c1OCCC(C#N)c1c(F)cccc1Cl. The molecule has 114 valence electrons. The Morgan fingerprint density at radius 2 is 1.82 bits per heavy atom. The van der Waals surface area contributed by atoms with E-state index in [0.29, 0.717) is 13.0 Å². The van der Waals surface area contributed by atoms with Crippen LogP contribution in [0.3, 0.4) is 0 Å². The van der Waals surface area contributed by atoms with Crippen LogP contribution in [-0.4, -0.2) is 6.61 Å². The molecule has 0 amide bonds. The maximum absolute atomic E-state index is 13.9. The van der Waals surface area contributed by atoms with Crippen LogP contribution in [0.4, 0.5) is 4.39 Å². The molecule has 2 nitrogen and oxygen atoms in total. The molecule has 0 aliphatic carbocycles. The molecule has 0 radical (unpaired) electrons. The van der Waals surface area contributed by atoms with Gasteiger partial charge in [-0.2, -0.15) is 5.26 Å². The van der Waals surface area contributed by atoms with E-state index in [1.54, 1.807) is 6.07 Å². The summed E-state index contributed by atoms with van der Waals surface area (Å²) in [7, 11) is 0. The second-order valence-corrected chi connectivity index (χ2v) is 5.58. The molecule has 0 N–H and O–H groups in total. The van der Waals surface area contributed by atoms with Crippen molar-refractivity contribution in [2.75, 3.05) is 6.61 Å². The molecule has 0 heterocycles. The molecule has 2 aromatic carbocycles. The summed E-state index contributed by atoms with van der Waals surface area (Å²) >= 11 is 6.02. The Hall–Kier alpha value is -2.05. The minimum absolute atomic E-state index is 0.247. The highest BCUT2D eigenvalue weighted by Gasteiger charge is 2.19. The smallest absolute Gasteiger partial charge is 0.129 e. The van der Waals surface area contributed by atoms with Crippen molar-refractivity contribution in [3.05, 3.63) is 63.9 Å². The Kier molecular flexibility index (Phi) is 5.41. The van der Waals surface area contributed by atoms with E-state index in [4.69, 9.17) is 16.3 Å². The van der Waals surface area contributed by atoms with Gasteiger partial charge >= 0.3 is 0 Å². The number of benzene rings is 2. The lowest BCUT2D eigenvalue weighted by atomic mass is 9.97. The Balaban J connectivity index is 2.08. The van der Waals surface area contributed by atoms with E-state index in [2.05, 4.69) is 6.07 Å². The first kappa shape index (κ1) is 16.3. The molecule has 2 aromatic rings. The molecule has 2 rings (SSSR count). The van der Waals surface area contributed by atoms with Gasteiger partial charge in [0.05, 0.1) is 18.6 Å². The normalized spacial score (nSPS) is 11.8. The number of para-hydroxylation sites is 1. The van der Waals surface area contributed by atoms with Gasteiger partial charge in [0.15, 0.2) is 0 Å². The summed E-state index contributed by atoms with van der Waals surface area (Å²) in [4.78, 5) is 0. The summed E-state index contributed by atoms with van der Waals surface area (Å²) in [6, 6.07) is 12.5. The van der Waals surface area contributed by atoms with Gasteiger partial charge in [-0.15, -0.1) is 0 Å². The van der Waals surface area contributed by atoms with Crippen molar-refractivity contribution in [2.24, 2.45) is 0 Å². The van der Waals surface area contributed by atoms with Gasteiger partial charge in [0, 0.05) is 17.0 Å². The van der Waals surface area contributed by atoms with Crippen molar-refractivity contribution >= 4 is 11.6 Å². The average molecular weight is 318 g/mol. The van der Waals surface area contributed by atoms with Gasteiger partial charge in [-0.05, 0) is 37.1 Å². The largest absolute Gasteiger partial charge is 0.493 e. The first-order chi connectivity index (χ1) is 10.5. The van der Waals surface area contributed by atoms with Crippen molar-refractivity contribution in [3.63, 3.8) is 0 Å². The molecule has 1 atom stereocenters. The number of nitriles is 1. The molecule has 0 fully saturated rings. The molecule has 22 heavy (non-hydrogen) atoms. The predicted molar refractivity (Wildman–Crippen MR) is 85.8 cm³/mol. The summed E-state index contributed by atoms with van der Waals surface area (Å²) < 4.78 is 19.7. The second-order valence-electron chi connectivity index (χ2n) is 5.18. The zero-order chi connectivity index (χ0) is 16.1. The molecule has 0 saturated carbocycles. The summed E-state index contributed by atoms with van der Waals surface area (Å²) in [5.74, 6) is -0.261. The van der Waals surface area contributed by atoms with Crippen molar-refractivity contribution in [3.8, 4) is 11.8 Å². The fraction of sp³-hybridized carbons (Fsp3) is 0.278. The fourth-order valence-corrected chi connectivity index (χ4v) is 2.72. The zero-order valence-corrected chi connectivity index (χ0v) is 13.3. The molecule has 0 aliphatic heterocycles. The highest BCUT2D eigenvalue weighted by atomic mass is 35.5. The minimum Gasteiger partial charge on any atom is -0.493 e. The third-order valence-corrected chi connectivity index (χ3v) is 3.90. The monoisotopic (exact) mass is 317 g/mol. The molecule has 0 aliphatic rings. The minimum atomic E-state index is -0.627. The first-order valence-electron chi connectivity index (χ1n) is 7.07. The Labute approximate surface area is 135 Å². The van der Waals surface area contributed by atoms with E-state index < -0.39 is 11.7 Å². The third-order valence-electron chi connectivity index (χ3n) is 3.57. The summed E-state index contributed by atoms with van der Waals surface area (Å²) in [5, 5.41) is 9.58. The van der Waals surface area contributed by atoms with Crippen molar-refractivity contribution in [1.82, 2.24) is 0 Å². The van der Waals surface area contributed by atoms with E-state index in [1.807, 2.05) is 32.0 Å². The summed E-state index contributed by atoms with van der Waals surface area (Å²) in [6.07, 6.45) is 0.380. The number of rotatable bonds is 5. The number of hydrogen-bond acceptors (Lipinski definition) is 2. The van der Waals surface area contributed by atoms with Crippen molar-refractivity contribution < 1.29 is 9.13 Å². The quantitative estimate of drug-likeness (QED) is 0.762. The molecular weight excluding hydrogens is 301 g/mol. The van der Waals surface area contributed by atoms with E-state index in [9.17, 15) is 9.65 Å². The van der Waals surface area contributed by atoms with E-state index in [-0.39, 0.29) is 10.6 Å². The van der Waals surface area contributed by atoms with E-state index in [1.165, 1.54) is 12.1 Å². The van der Waals surface area contributed by atoms with Crippen LogP contribution in [0.1, 0.15) is 29.0 Å². The van der Waals surface area contributed by atoms with Crippen LogP contribution in [0.25, 0.3) is 0 Å². The van der Waals surface area contributed by atoms with Gasteiger partial charge < -0.3 is 4.74 Å². The predicted octanol–water partition coefficient (Wildman–Crippen LogP) is 5.17. The van der Waals surface area contributed by atoms with Crippen LogP contribution in [0.2, 0.25) is 5.02 Å². The number of halogens is 2. The molecule has 0 spiro atoms. The number of ether oxygens (including phenoxy) is 1. The van der Waals surface area contributed by atoms with Crippen LogP contribution in [0, 0.1) is 31.0 Å². The topological polar surface area (TPSA) is 33.0 Å². The lowest BCUT2D eigenvalue weighted by molar-refractivity contribution is 0.301. The van der Waals surface area contributed by atoms with Gasteiger partial charge in [-0.3, -0.25) is 0 Å². The molecule has 0 saturated heterocycles. The maximum atomic E-state index is 13.9. The lowest BCUT2D eigenvalue weighted by Gasteiger charge is -2.15. The van der Waals surface area contributed by atoms with E-state index >= 15 is 0 Å². The van der Waals surface area contributed by atoms with Crippen LogP contribution >= 0.6 is 11.6 Å². The molecule has 1 unspecified atom stereocenters. The van der Waals surface area contributed by atoms with E-state index in [0.717, 1.165) is 16.9 Å². The van der Waals surface area contributed by atoms with Gasteiger partial charge in [0.25, 0.3) is 0 Å². The van der Waals surface area contributed by atoms with Crippen molar-refractivity contribution in [1.29, 1.82) is 5.26 Å². The molecule has 0 bridgehead atoms. The van der Waals surface area contributed by atoms with Gasteiger partial charge in [0.2, 0.25) is 0 Å². The molecular formula is C18H17ClFNO. The second kappa shape index (κ2) is 7.29. The van der Waals surface area contributed by atoms with Crippen LogP contribution < -0.4 is 4.74 Å². The summed E-state index contributed by atoms with van der Waals surface area (Å²) in [6.45, 7) is 4.27. The molecule has 4 heteroatoms. The Morgan fingerprint density at radius 1 is 1.18 bits per heavy atom. The van der Waals surface area contributed by atoms with Gasteiger partial charge in [-0.1, -0.05) is 35.9 Å². The summed E-state index contributed by atoms with van der Waals surface area (Å²) in [5.41, 5.74) is 2.33. The number of aryl methyl sites for hydroxylation is 2. The van der Waals surface area contributed by atoms with Crippen molar-refractivity contribution in [2.45, 2.75) is 26.2 Å². The first-order valence-corrected chi connectivity index (χ1v) is 7.45. The molecule has 0 aromatic heterocycles. The third kappa shape index (κ3) is 3.58. The average Bonchev–Trinajstić information content (AvgIpc) is 2.48. The standard InChI is InChI=1S/C18H17ClFNO/c1-12-5-3-6-13(2)18(12)22-10-9-14(11-21)17-15(19)7-4-8-16(17)20/h3-8,14H,9-10H2,1-2H3. The van der Waals surface area contributed by atoms with Gasteiger partial charge in [-0.25, -0.2) is 4.39 Å². The Bertz CT molecular complexity index is 668. The van der Waals surface area contributed by atoms with Crippen LogP contribution in [0.5, 0.6) is 5.75 Å². The fourth-order valence-electron chi connectivity index (χ4n) is 2.42. The highest BCUT2D eigenvalue weighted by molar-refractivity contribution is 6.31. The highest BCUT2D eigenvalue weighted by Crippen LogP contribution is 2.30. The number of hydrogen-bond donors (Lipinski definition) is 0.